The van der Waals surface area contributed by atoms with Crippen LogP contribution in [0.1, 0.15) is 17.8 Å². The van der Waals surface area contributed by atoms with Gasteiger partial charge in [0.1, 0.15) is 11.0 Å². The highest BCUT2D eigenvalue weighted by Gasteiger charge is 2.32. The fourth-order valence-electron chi connectivity index (χ4n) is 1.65. The third-order valence-electron chi connectivity index (χ3n) is 2.30. The van der Waals surface area contributed by atoms with Gasteiger partial charge >= 0.3 is 5.97 Å². The summed E-state index contributed by atoms with van der Waals surface area (Å²) < 4.78 is 0. The van der Waals surface area contributed by atoms with E-state index in [1.165, 1.54) is 11.3 Å². The number of hydrogen-bond donors (Lipinski definition) is 1. The molecule has 1 unspecified atom stereocenters. The average Bonchev–Trinajstić information content (AvgIpc) is 2.70. The van der Waals surface area contributed by atoms with Gasteiger partial charge < -0.3 is 10.0 Å². The van der Waals surface area contributed by atoms with Crippen molar-refractivity contribution in [1.29, 1.82) is 0 Å². The van der Waals surface area contributed by atoms with Gasteiger partial charge in [-0.2, -0.15) is 0 Å². The van der Waals surface area contributed by atoms with E-state index in [-0.39, 0.29) is 0 Å². The number of nitrogens with zero attached hydrogens (tertiary/aromatic N) is 3. The molecule has 2 rings (SSSR count). The molecule has 1 saturated heterocycles. The van der Waals surface area contributed by atoms with Crippen LogP contribution in [0.3, 0.4) is 0 Å². The molecule has 1 aromatic rings. The maximum atomic E-state index is 10.9. The maximum Gasteiger partial charge on any atom is 0.326 e. The van der Waals surface area contributed by atoms with Crippen LogP contribution in [0.15, 0.2) is 0 Å². The molecular formula is C8H11N3O2S. The smallest absolute Gasteiger partial charge is 0.326 e. The molecule has 1 atom stereocenters. The van der Waals surface area contributed by atoms with E-state index >= 15 is 0 Å². The van der Waals surface area contributed by atoms with Crippen molar-refractivity contribution in [3.63, 3.8) is 0 Å². The minimum Gasteiger partial charge on any atom is -0.480 e. The number of aryl methyl sites for hydroxylation is 1. The first kappa shape index (κ1) is 9.39. The molecule has 1 N–H and O–H groups in total. The van der Waals surface area contributed by atoms with E-state index in [9.17, 15) is 4.79 Å². The van der Waals surface area contributed by atoms with Gasteiger partial charge in [-0.3, -0.25) is 0 Å². The van der Waals surface area contributed by atoms with Gasteiger partial charge in [-0.1, -0.05) is 11.3 Å². The summed E-state index contributed by atoms with van der Waals surface area (Å²) in [7, 11) is 0. The van der Waals surface area contributed by atoms with Crippen molar-refractivity contribution < 1.29 is 9.90 Å². The van der Waals surface area contributed by atoms with Gasteiger partial charge in [0.25, 0.3) is 0 Å². The van der Waals surface area contributed by atoms with Crippen LogP contribution in [0, 0.1) is 6.92 Å². The third-order valence-corrected chi connectivity index (χ3v) is 3.17. The third kappa shape index (κ3) is 1.57. The minimum absolute atomic E-state index is 0.414. The molecule has 0 aliphatic carbocycles. The van der Waals surface area contributed by atoms with Gasteiger partial charge in [-0.15, -0.1) is 10.2 Å². The summed E-state index contributed by atoms with van der Waals surface area (Å²) >= 11 is 1.45. The average molecular weight is 213 g/mol. The van der Waals surface area contributed by atoms with E-state index in [4.69, 9.17) is 5.11 Å². The summed E-state index contributed by atoms with van der Waals surface area (Å²) in [6, 6.07) is -0.414. The summed E-state index contributed by atoms with van der Waals surface area (Å²) in [5.41, 5.74) is 0. The van der Waals surface area contributed by atoms with E-state index in [2.05, 4.69) is 10.2 Å². The number of aliphatic carboxylic acids is 1. The van der Waals surface area contributed by atoms with Crippen molar-refractivity contribution in [2.45, 2.75) is 25.8 Å². The zero-order valence-electron chi connectivity index (χ0n) is 7.80. The Morgan fingerprint density at radius 1 is 1.64 bits per heavy atom. The first-order chi connectivity index (χ1) is 6.68. The van der Waals surface area contributed by atoms with Crippen molar-refractivity contribution in [3.8, 4) is 0 Å². The molecule has 6 heteroatoms. The Labute approximate surface area is 85.4 Å². The van der Waals surface area contributed by atoms with E-state index in [0.717, 1.165) is 23.1 Å². The van der Waals surface area contributed by atoms with E-state index in [0.29, 0.717) is 6.42 Å². The molecular weight excluding hydrogens is 202 g/mol. The van der Waals surface area contributed by atoms with Crippen molar-refractivity contribution in [1.82, 2.24) is 10.2 Å². The molecule has 0 aromatic carbocycles. The summed E-state index contributed by atoms with van der Waals surface area (Å²) in [5.74, 6) is -0.768. The number of carbonyl (C=O) groups is 1. The second-order valence-corrected chi connectivity index (χ2v) is 4.45. The molecule has 0 saturated carbocycles. The Hall–Kier alpha value is -1.17. The van der Waals surface area contributed by atoms with Gasteiger partial charge in [0, 0.05) is 6.54 Å². The van der Waals surface area contributed by atoms with E-state index in [1.807, 2.05) is 11.8 Å². The van der Waals surface area contributed by atoms with Gasteiger partial charge in [-0.05, 0) is 19.8 Å². The lowest BCUT2D eigenvalue weighted by molar-refractivity contribution is -0.138. The van der Waals surface area contributed by atoms with Gasteiger partial charge in [0.2, 0.25) is 5.13 Å². The topological polar surface area (TPSA) is 66.3 Å². The Balaban J connectivity index is 2.21. The lowest BCUT2D eigenvalue weighted by Gasteiger charge is -2.19. The predicted octanol–water partition coefficient (Wildman–Crippen LogP) is 0.900. The van der Waals surface area contributed by atoms with Gasteiger partial charge in [-0.25, -0.2) is 4.79 Å². The summed E-state index contributed by atoms with van der Waals surface area (Å²) in [6.07, 6.45) is 1.61. The Morgan fingerprint density at radius 2 is 2.43 bits per heavy atom. The van der Waals surface area contributed by atoms with Crippen LogP contribution in [0.25, 0.3) is 0 Å². The van der Waals surface area contributed by atoms with Crippen molar-refractivity contribution in [2.75, 3.05) is 11.4 Å². The Kier molecular flexibility index (Phi) is 2.37. The Morgan fingerprint density at radius 3 is 3.00 bits per heavy atom. The van der Waals surface area contributed by atoms with Crippen LogP contribution in [-0.4, -0.2) is 33.9 Å². The first-order valence-electron chi connectivity index (χ1n) is 4.48. The summed E-state index contributed by atoms with van der Waals surface area (Å²) in [6.45, 7) is 2.64. The SMILES string of the molecule is Cc1nnc(N2CCCC2C(=O)O)s1. The molecule has 0 bridgehead atoms. The van der Waals surface area contributed by atoms with Gasteiger partial charge in [0.05, 0.1) is 0 Å². The fraction of sp³-hybridized carbons (Fsp3) is 0.625. The fourth-order valence-corrected chi connectivity index (χ4v) is 2.42. The molecule has 0 spiro atoms. The zero-order chi connectivity index (χ0) is 10.1. The normalized spacial score (nSPS) is 21.5. The predicted molar refractivity (Wildman–Crippen MR) is 52.6 cm³/mol. The summed E-state index contributed by atoms with van der Waals surface area (Å²) in [4.78, 5) is 12.7. The van der Waals surface area contributed by atoms with Crippen LogP contribution in [-0.2, 0) is 4.79 Å². The lowest BCUT2D eigenvalue weighted by atomic mass is 10.2. The highest BCUT2D eigenvalue weighted by atomic mass is 32.1. The quantitative estimate of drug-likeness (QED) is 0.790. The molecule has 1 aliphatic rings. The second-order valence-electron chi connectivity index (χ2n) is 3.29. The maximum absolute atomic E-state index is 10.9. The number of aromatic nitrogens is 2. The molecule has 1 fully saturated rings. The highest BCUT2D eigenvalue weighted by Crippen LogP contribution is 2.27. The first-order valence-corrected chi connectivity index (χ1v) is 5.29. The van der Waals surface area contributed by atoms with Crippen LogP contribution >= 0.6 is 11.3 Å². The molecule has 5 nitrogen and oxygen atoms in total. The van der Waals surface area contributed by atoms with Gasteiger partial charge in [0.15, 0.2) is 0 Å². The molecule has 14 heavy (non-hydrogen) atoms. The highest BCUT2D eigenvalue weighted by molar-refractivity contribution is 7.15. The minimum atomic E-state index is -0.768. The number of hydrogen-bond acceptors (Lipinski definition) is 5. The zero-order valence-corrected chi connectivity index (χ0v) is 8.62. The standard InChI is InChI=1S/C8H11N3O2S/c1-5-9-10-8(14-5)11-4-2-3-6(11)7(12)13/h6H,2-4H2,1H3,(H,12,13). The van der Waals surface area contributed by atoms with Crippen molar-refractivity contribution >= 4 is 22.4 Å². The monoisotopic (exact) mass is 213 g/mol. The van der Waals surface area contributed by atoms with Crippen LogP contribution in [0.5, 0.6) is 0 Å². The molecule has 1 aliphatic heterocycles. The largest absolute Gasteiger partial charge is 0.480 e. The number of carboxylic acids is 1. The Bertz CT molecular complexity index is 352. The molecule has 1 aromatic heterocycles. The van der Waals surface area contributed by atoms with Crippen molar-refractivity contribution in [3.05, 3.63) is 5.01 Å². The number of carboxylic acid groups (broad SMARTS) is 1. The van der Waals surface area contributed by atoms with E-state index < -0.39 is 12.0 Å². The molecule has 76 valence electrons. The second kappa shape index (κ2) is 3.53. The van der Waals surface area contributed by atoms with E-state index in [1.54, 1.807) is 0 Å². The number of anilines is 1. The molecule has 0 amide bonds. The van der Waals surface area contributed by atoms with Crippen LogP contribution in [0.4, 0.5) is 5.13 Å². The number of rotatable bonds is 2. The lowest BCUT2D eigenvalue weighted by Crippen LogP contribution is -2.35. The molecule has 2 heterocycles. The van der Waals surface area contributed by atoms with Crippen LogP contribution < -0.4 is 4.90 Å². The van der Waals surface area contributed by atoms with Crippen LogP contribution in [0.2, 0.25) is 0 Å². The summed E-state index contributed by atoms with van der Waals surface area (Å²) in [5, 5.41) is 18.4. The van der Waals surface area contributed by atoms with Crippen molar-refractivity contribution in [2.24, 2.45) is 0 Å². The molecule has 0 radical (unpaired) electrons.